The van der Waals surface area contributed by atoms with E-state index in [1.165, 1.54) is 10.9 Å². The average Bonchev–Trinajstić information content (AvgIpc) is 2.58. The largest absolute Gasteiger partial charge is 0.496 e. The van der Waals surface area contributed by atoms with Crippen molar-refractivity contribution in [1.82, 2.24) is 0 Å². The molecule has 0 heterocycles. The number of methoxy groups -OCH3 is 1. The predicted molar refractivity (Wildman–Crippen MR) is 99.2 cm³/mol. The van der Waals surface area contributed by atoms with Gasteiger partial charge >= 0.3 is 7.60 Å². The van der Waals surface area contributed by atoms with Gasteiger partial charge in [0.25, 0.3) is 0 Å². The Balaban J connectivity index is 1.99. The van der Waals surface area contributed by atoms with Crippen LogP contribution in [0.3, 0.4) is 0 Å². The van der Waals surface area contributed by atoms with E-state index in [9.17, 15) is 4.57 Å². The molecule has 5 heteroatoms. The lowest BCUT2D eigenvalue weighted by Crippen LogP contribution is -2.01. The van der Waals surface area contributed by atoms with E-state index < -0.39 is 7.60 Å². The van der Waals surface area contributed by atoms with E-state index in [0.717, 1.165) is 30.4 Å². The second kappa shape index (κ2) is 9.22. The van der Waals surface area contributed by atoms with Gasteiger partial charge in [0.1, 0.15) is 5.75 Å². The van der Waals surface area contributed by atoms with Gasteiger partial charge in [0.05, 0.1) is 26.5 Å². The number of benzene rings is 2. The van der Waals surface area contributed by atoms with Gasteiger partial charge in [0.15, 0.2) is 0 Å². The zero-order valence-corrected chi connectivity index (χ0v) is 15.7. The number of hydrogen-bond acceptors (Lipinski definition) is 4. The van der Waals surface area contributed by atoms with Crippen molar-refractivity contribution in [2.45, 2.75) is 33.1 Å². The molecule has 0 aromatic heterocycles. The SMILES string of the molecule is CCOP(=O)(CCCCc1ccc2ccccc2c1OC)OCC. The Morgan fingerprint density at radius 3 is 2.33 bits per heavy atom. The van der Waals surface area contributed by atoms with Gasteiger partial charge in [-0.1, -0.05) is 36.4 Å². The normalized spacial score (nSPS) is 11.8. The molecule has 0 atom stereocenters. The van der Waals surface area contributed by atoms with Gasteiger partial charge in [-0.25, -0.2) is 0 Å². The van der Waals surface area contributed by atoms with Gasteiger partial charge < -0.3 is 13.8 Å². The number of ether oxygens (including phenoxy) is 1. The fourth-order valence-electron chi connectivity index (χ4n) is 2.91. The van der Waals surface area contributed by atoms with Crippen LogP contribution in [0.4, 0.5) is 0 Å². The van der Waals surface area contributed by atoms with E-state index >= 15 is 0 Å². The van der Waals surface area contributed by atoms with Crippen LogP contribution in [0.5, 0.6) is 5.75 Å². The third kappa shape index (κ3) is 4.83. The van der Waals surface area contributed by atoms with Gasteiger partial charge in [-0.3, -0.25) is 4.57 Å². The predicted octanol–water partition coefficient (Wildman–Crippen LogP) is 5.44. The molecular formula is C19H27O4P. The van der Waals surface area contributed by atoms with Crippen molar-refractivity contribution in [1.29, 1.82) is 0 Å². The Morgan fingerprint density at radius 1 is 0.958 bits per heavy atom. The van der Waals surface area contributed by atoms with Crippen molar-refractivity contribution in [2.75, 3.05) is 26.5 Å². The van der Waals surface area contributed by atoms with Crippen molar-refractivity contribution in [3.05, 3.63) is 42.0 Å². The van der Waals surface area contributed by atoms with E-state index in [4.69, 9.17) is 13.8 Å². The molecule has 0 saturated heterocycles. The van der Waals surface area contributed by atoms with E-state index in [1.54, 1.807) is 7.11 Å². The standard InChI is InChI=1S/C19H27O4P/c1-4-22-24(20,23-5-2)15-9-8-11-17-14-13-16-10-6-7-12-18(16)19(17)21-3/h6-7,10,12-14H,4-5,8-9,11,15H2,1-3H3. The molecule has 0 aliphatic carbocycles. The summed E-state index contributed by atoms with van der Waals surface area (Å²) < 4.78 is 28.7. The summed E-state index contributed by atoms with van der Waals surface area (Å²) >= 11 is 0. The van der Waals surface area contributed by atoms with Crippen molar-refractivity contribution >= 4 is 18.4 Å². The van der Waals surface area contributed by atoms with Gasteiger partial charge in [-0.15, -0.1) is 0 Å². The third-order valence-electron chi connectivity index (χ3n) is 3.94. The fraction of sp³-hybridized carbons (Fsp3) is 0.474. The summed E-state index contributed by atoms with van der Waals surface area (Å²) in [4.78, 5) is 0. The van der Waals surface area contributed by atoms with E-state index in [2.05, 4.69) is 24.3 Å². The van der Waals surface area contributed by atoms with E-state index in [0.29, 0.717) is 19.4 Å². The lowest BCUT2D eigenvalue weighted by Gasteiger charge is -2.17. The molecule has 0 fully saturated rings. The average molecular weight is 350 g/mol. The molecule has 24 heavy (non-hydrogen) atoms. The minimum Gasteiger partial charge on any atom is -0.496 e. The van der Waals surface area contributed by atoms with Gasteiger partial charge in [0.2, 0.25) is 0 Å². The summed E-state index contributed by atoms with van der Waals surface area (Å²) in [5, 5.41) is 2.31. The zero-order valence-electron chi connectivity index (χ0n) is 14.8. The van der Waals surface area contributed by atoms with Crippen LogP contribution in [0.2, 0.25) is 0 Å². The van der Waals surface area contributed by atoms with Crippen LogP contribution in [-0.2, 0) is 20.0 Å². The van der Waals surface area contributed by atoms with Gasteiger partial charge in [0, 0.05) is 5.39 Å². The second-order valence-corrected chi connectivity index (χ2v) is 7.79. The highest BCUT2D eigenvalue weighted by Crippen LogP contribution is 2.48. The van der Waals surface area contributed by atoms with Crippen molar-refractivity contribution in [2.24, 2.45) is 0 Å². The summed E-state index contributed by atoms with van der Waals surface area (Å²) in [6, 6.07) is 12.5. The molecule has 132 valence electrons. The van der Waals surface area contributed by atoms with Crippen LogP contribution in [0.1, 0.15) is 32.3 Å². The molecular weight excluding hydrogens is 323 g/mol. The van der Waals surface area contributed by atoms with E-state index in [1.807, 2.05) is 26.0 Å². The van der Waals surface area contributed by atoms with E-state index in [-0.39, 0.29) is 0 Å². The lowest BCUT2D eigenvalue weighted by molar-refractivity contribution is 0.219. The maximum Gasteiger partial charge on any atom is 0.330 e. The monoisotopic (exact) mass is 350 g/mol. The first kappa shape index (κ1) is 19.0. The minimum absolute atomic E-state index is 0.412. The minimum atomic E-state index is -2.93. The van der Waals surface area contributed by atoms with Crippen molar-refractivity contribution in [3.63, 3.8) is 0 Å². The Labute approximate surface area is 144 Å². The zero-order chi connectivity index (χ0) is 17.4. The molecule has 0 bridgehead atoms. The first-order valence-electron chi connectivity index (χ1n) is 8.56. The first-order chi connectivity index (χ1) is 11.6. The quantitative estimate of drug-likeness (QED) is 0.423. The van der Waals surface area contributed by atoms with Crippen molar-refractivity contribution in [3.8, 4) is 5.75 Å². The van der Waals surface area contributed by atoms with Crippen LogP contribution in [0.15, 0.2) is 36.4 Å². The molecule has 0 saturated carbocycles. The van der Waals surface area contributed by atoms with Crippen LogP contribution in [-0.4, -0.2) is 26.5 Å². The number of aryl methyl sites for hydroxylation is 1. The second-order valence-electron chi connectivity index (χ2n) is 5.61. The van der Waals surface area contributed by atoms with Gasteiger partial charge in [-0.2, -0.15) is 0 Å². The molecule has 0 N–H and O–H groups in total. The fourth-order valence-corrected chi connectivity index (χ4v) is 4.64. The Hall–Kier alpha value is -1.35. The molecule has 0 spiro atoms. The Kier molecular flexibility index (Phi) is 7.29. The molecule has 2 rings (SSSR count). The topological polar surface area (TPSA) is 44.8 Å². The highest BCUT2D eigenvalue weighted by molar-refractivity contribution is 7.53. The Bertz CT molecular complexity index is 689. The maximum atomic E-state index is 12.5. The summed E-state index contributed by atoms with van der Waals surface area (Å²) in [5.74, 6) is 0.936. The molecule has 0 aliphatic heterocycles. The Morgan fingerprint density at radius 2 is 1.67 bits per heavy atom. The summed E-state index contributed by atoms with van der Waals surface area (Å²) in [5.41, 5.74) is 1.18. The molecule has 0 amide bonds. The summed E-state index contributed by atoms with van der Waals surface area (Å²) in [6.07, 6.45) is 3.06. The van der Waals surface area contributed by atoms with Gasteiger partial charge in [-0.05, 0) is 44.1 Å². The van der Waals surface area contributed by atoms with Crippen LogP contribution in [0.25, 0.3) is 10.8 Å². The highest BCUT2D eigenvalue weighted by Gasteiger charge is 2.22. The first-order valence-corrected chi connectivity index (χ1v) is 10.3. The molecule has 0 unspecified atom stereocenters. The van der Waals surface area contributed by atoms with Crippen LogP contribution < -0.4 is 4.74 Å². The smallest absolute Gasteiger partial charge is 0.330 e. The molecule has 0 aliphatic rings. The molecule has 2 aromatic rings. The summed E-state index contributed by atoms with van der Waals surface area (Å²) in [7, 11) is -1.22. The van der Waals surface area contributed by atoms with Crippen molar-refractivity contribution < 1.29 is 18.3 Å². The molecule has 2 aromatic carbocycles. The number of unbranched alkanes of at least 4 members (excludes halogenated alkanes) is 1. The molecule has 4 nitrogen and oxygen atoms in total. The number of hydrogen-bond donors (Lipinski definition) is 0. The third-order valence-corrected chi connectivity index (χ3v) is 6.11. The number of fused-ring (bicyclic) bond motifs is 1. The number of rotatable bonds is 10. The lowest BCUT2D eigenvalue weighted by atomic mass is 10.0. The maximum absolute atomic E-state index is 12.5. The highest BCUT2D eigenvalue weighted by atomic mass is 31.2. The van der Waals surface area contributed by atoms with Crippen LogP contribution >= 0.6 is 7.60 Å². The van der Waals surface area contributed by atoms with Crippen LogP contribution in [0, 0.1) is 0 Å². The summed E-state index contributed by atoms with van der Waals surface area (Å²) in [6.45, 7) is 4.50. The molecule has 0 radical (unpaired) electrons.